The molecule has 5 heteroatoms. The van der Waals surface area contributed by atoms with Gasteiger partial charge in [0.15, 0.2) is 0 Å². The van der Waals surface area contributed by atoms with Gasteiger partial charge in [-0.3, -0.25) is 19.5 Å². The van der Waals surface area contributed by atoms with Gasteiger partial charge in [-0.15, -0.1) is 0 Å². The van der Waals surface area contributed by atoms with Gasteiger partial charge >= 0.3 is 0 Å². The highest BCUT2D eigenvalue weighted by Gasteiger charge is 2.36. The summed E-state index contributed by atoms with van der Waals surface area (Å²) in [4.78, 5) is 29.4. The maximum Gasteiger partial charge on any atom is 0.299 e. The highest BCUT2D eigenvalue weighted by Crippen LogP contribution is 2.30. The number of benzene rings is 1. The predicted octanol–water partition coefficient (Wildman–Crippen LogP) is 2.26. The van der Waals surface area contributed by atoms with Gasteiger partial charge in [0, 0.05) is 6.20 Å². The molecular formula is C15H11FN2O2. The third kappa shape index (κ3) is 1.87. The monoisotopic (exact) mass is 270 g/mol. The third-order valence-corrected chi connectivity index (χ3v) is 3.36. The quantitative estimate of drug-likeness (QED) is 0.786. The smallest absolute Gasteiger partial charge is 0.299 e. The topological polar surface area (TPSA) is 50.3 Å². The molecule has 0 radical (unpaired) electrons. The van der Waals surface area contributed by atoms with E-state index in [-0.39, 0.29) is 12.1 Å². The minimum absolute atomic E-state index is 0.114. The third-order valence-electron chi connectivity index (χ3n) is 3.36. The Morgan fingerprint density at radius 2 is 2.05 bits per heavy atom. The molecule has 0 bridgehead atoms. The lowest BCUT2D eigenvalue weighted by Gasteiger charge is -2.17. The molecule has 4 nitrogen and oxygen atoms in total. The minimum atomic E-state index is -0.673. The maximum absolute atomic E-state index is 13.2. The molecule has 3 rings (SSSR count). The fourth-order valence-corrected chi connectivity index (χ4v) is 2.26. The zero-order chi connectivity index (χ0) is 14.3. The molecule has 1 amide bonds. The van der Waals surface area contributed by atoms with Crippen LogP contribution in [0.25, 0.3) is 0 Å². The molecular weight excluding hydrogens is 259 g/mol. The number of nitrogens with zero attached hydrogens (tertiary/aromatic N) is 2. The Hall–Kier alpha value is -2.56. The summed E-state index contributed by atoms with van der Waals surface area (Å²) in [5.41, 5.74) is 2.20. The van der Waals surface area contributed by atoms with Gasteiger partial charge in [0.05, 0.1) is 23.5 Å². The van der Waals surface area contributed by atoms with Crippen LogP contribution in [-0.2, 0) is 11.3 Å². The summed E-state index contributed by atoms with van der Waals surface area (Å²) < 4.78 is 13.2. The first-order valence-electron chi connectivity index (χ1n) is 6.14. The number of carbonyl (C=O) groups is 2. The van der Waals surface area contributed by atoms with E-state index >= 15 is 0 Å². The second-order valence-electron chi connectivity index (χ2n) is 4.65. The minimum Gasteiger partial charge on any atom is -0.299 e. The Balaban J connectivity index is 2.02. The molecule has 0 N–H and O–H groups in total. The molecule has 0 fully saturated rings. The van der Waals surface area contributed by atoms with Crippen molar-refractivity contribution in [2.75, 3.05) is 4.90 Å². The molecule has 0 saturated heterocycles. The lowest BCUT2D eigenvalue weighted by atomic mass is 10.1. The van der Waals surface area contributed by atoms with Gasteiger partial charge < -0.3 is 0 Å². The lowest BCUT2D eigenvalue weighted by molar-refractivity contribution is -0.114. The van der Waals surface area contributed by atoms with Crippen molar-refractivity contribution in [1.82, 2.24) is 4.98 Å². The Morgan fingerprint density at radius 3 is 2.80 bits per heavy atom. The molecule has 1 aliphatic heterocycles. The molecule has 100 valence electrons. The van der Waals surface area contributed by atoms with Crippen molar-refractivity contribution in [3.05, 3.63) is 59.2 Å². The number of anilines is 1. The summed E-state index contributed by atoms with van der Waals surface area (Å²) in [7, 11) is 0. The zero-order valence-electron chi connectivity index (χ0n) is 10.8. The Labute approximate surface area is 114 Å². The van der Waals surface area contributed by atoms with E-state index in [1.165, 1.54) is 17.0 Å². The molecule has 0 unspecified atom stereocenters. The molecule has 0 saturated carbocycles. The summed E-state index contributed by atoms with van der Waals surface area (Å²) in [5.74, 6) is -1.84. The molecule has 1 aliphatic rings. The van der Waals surface area contributed by atoms with E-state index in [1.54, 1.807) is 12.3 Å². The predicted molar refractivity (Wildman–Crippen MR) is 70.9 cm³/mol. The number of pyridine rings is 1. The van der Waals surface area contributed by atoms with Gasteiger partial charge in [-0.05, 0) is 36.8 Å². The van der Waals surface area contributed by atoms with E-state index in [2.05, 4.69) is 4.98 Å². The number of rotatable bonds is 2. The molecule has 1 aromatic heterocycles. The van der Waals surface area contributed by atoms with Crippen LogP contribution in [0.1, 0.15) is 21.6 Å². The summed E-state index contributed by atoms with van der Waals surface area (Å²) in [6.45, 7) is 2.09. The van der Waals surface area contributed by atoms with Crippen molar-refractivity contribution in [3.8, 4) is 0 Å². The van der Waals surface area contributed by atoms with E-state index in [0.29, 0.717) is 11.4 Å². The number of aryl methyl sites for hydroxylation is 1. The van der Waals surface area contributed by atoms with Crippen LogP contribution in [0.2, 0.25) is 0 Å². The van der Waals surface area contributed by atoms with Crippen molar-refractivity contribution in [2.45, 2.75) is 13.5 Å². The largest absolute Gasteiger partial charge is 0.299 e. The molecule has 20 heavy (non-hydrogen) atoms. The number of halogens is 1. The Kier molecular flexibility index (Phi) is 2.82. The summed E-state index contributed by atoms with van der Waals surface area (Å²) in [6.07, 6.45) is 1.64. The summed E-state index contributed by atoms with van der Waals surface area (Å²) >= 11 is 0. The van der Waals surface area contributed by atoms with Gasteiger partial charge in [0.25, 0.3) is 11.7 Å². The van der Waals surface area contributed by atoms with Crippen LogP contribution in [0, 0.1) is 12.7 Å². The van der Waals surface area contributed by atoms with Crippen molar-refractivity contribution >= 4 is 17.4 Å². The maximum atomic E-state index is 13.2. The number of fused-ring (bicyclic) bond motifs is 1. The van der Waals surface area contributed by atoms with Crippen LogP contribution in [0.4, 0.5) is 10.1 Å². The van der Waals surface area contributed by atoms with Crippen LogP contribution >= 0.6 is 0 Å². The van der Waals surface area contributed by atoms with Crippen molar-refractivity contribution in [2.24, 2.45) is 0 Å². The average Bonchev–Trinajstić information content (AvgIpc) is 2.66. The Morgan fingerprint density at radius 1 is 1.25 bits per heavy atom. The molecule has 1 aromatic carbocycles. The first-order valence-corrected chi connectivity index (χ1v) is 6.14. The van der Waals surface area contributed by atoms with Gasteiger partial charge in [0.1, 0.15) is 5.82 Å². The van der Waals surface area contributed by atoms with Crippen molar-refractivity contribution in [1.29, 1.82) is 0 Å². The normalized spacial score (nSPS) is 13.8. The van der Waals surface area contributed by atoms with Gasteiger partial charge in [0.2, 0.25) is 0 Å². The van der Waals surface area contributed by atoms with Crippen LogP contribution in [0.15, 0.2) is 36.5 Å². The van der Waals surface area contributed by atoms with E-state index < -0.39 is 17.5 Å². The highest BCUT2D eigenvalue weighted by atomic mass is 19.1. The van der Waals surface area contributed by atoms with Gasteiger partial charge in [-0.25, -0.2) is 4.39 Å². The molecule has 0 aliphatic carbocycles. The van der Waals surface area contributed by atoms with Crippen molar-refractivity contribution < 1.29 is 14.0 Å². The molecule has 2 heterocycles. The van der Waals surface area contributed by atoms with Crippen LogP contribution in [0.5, 0.6) is 0 Å². The van der Waals surface area contributed by atoms with Crippen molar-refractivity contribution in [3.63, 3.8) is 0 Å². The summed E-state index contributed by atoms with van der Waals surface area (Å²) in [5, 5.41) is 0. The number of Topliss-reactive ketones (excluding diaryl/α,β-unsaturated/α-hetero) is 1. The lowest BCUT2D eigenvalue weighted by Crippen LogP contribution is -2.29. The highest BCUT2D eigenvalue weighted by molar-refractivity contribution is 6.52. The fourth-order valence-electron chi connectivity index (χ4n) is 2.26. The van der Waals surface area contributed by atoms with Crippen LogP contribution < -0.4 is 4.90 Å². The molecule has 0 atom stereocenters. The van der Waals surface area contributed by atoms with E-state index in [1.807, 2.05) is 13.0 Å². The number of carbonyl (C=O) groups excluding carboxylic acids is 2. The second kappa shape index (κ2) is 4.52. The van der Waals surface area contributed by atoms with Gasteiger partial charge in [-0.1, -0.05) is 6.07 Å². The average molecular weight is 270 g/mol. The number of hydrogen-bond acceptors (Lipinski definition) is 3. The number of hydrogen-bond donors (Lipinski definition) is 0. The zero-order valence-corrected chi connectivity index (χ0v) is 10.8. The summed E-state index contributed by atoms with van der Waals surface area (Å²) in [6, 6.07) is 7.48. The number of amides is 1. The number of ketones is 1. The standard InChI is InChI=1S/C15H11FN2O2/c1-9-3-2-6-17-12(9)8-18-13-5-4-10(16)7-11(13)14(19)15(18)20/h2-7H,8H2,1H3. The number of aromatic nitrogens is 1. The fraction of sp³-hybridized carbons (Fsp3) is 0.133. The van der Waals surface area contributed by atoms with Crippen LogP contribution in [0.3, 0.4) is 0 Å². The Bertz CT molecular complexity index is 728. The van der Waals surface area contributed by atoms with E-state index in [0.717, 1.165) is 11.6 Å². The second-order valence-corrected chi connectivity index (χ2v) is 4.65. The first kappa shape index (κ1) is 12.5. The molecule has 2 aromatic rings. The SMILES string of the molecule is Cc1cccnc1CN1C(=O)C(=O)c2cc(F)ccc21. The van der Waals surface area contributed by atoms with Crippen LogP contribution in [-0.4, -0.2) is 16.7 Å². The van der Waals surface area contributed by atoms with E-state index in [4.69, 9.17) is 0 Å². The first-order chi connectivity index (χ1) is 9.58. The van der Waals surface area contributed by atoms with Gasteiger partial charge in [-0.2, -0.15) is 0 Å². The molecule has 0 spiro atoms. The van der Waals surface area contributed by atoms with E-state index in [9.17, 15) is 14.0 Å².